The van der Waals surface area contributed by atoms with Crippen LogP contribution in [0.2, 0.25) is 0 Å². The fraction of sp³-hybridized carbons (Fsp3) is 0.577. The van der Waals surface area contributed by atoms with E-state index in [0.29, 0.717) is 54.2 Å². The minimum absolute atomic E-state index is 0.0679. The van der Waals surface area contributed by atoms with Gasteiger partial charge in [0.1, 0.15) is 17.5 Å². The first-order valence-electron chi connectivity index (χ1n) is 13.3. The fourth-order valence-electron chi connectivity index (χ4n) is 5.37. The van der Waals surface area contributed by atoms with Gasteiger partial charge in [0.05, 0.1) is 11.1 Å². The van der Waals surface area contributed by atoms with E-state index in [4.69, 9.17) is 0 Å². The largest absolute Gasteiger partial charge is 0.369 e. The quantitative estimate of drug-likeness (QED) is 0.564. The highest BCUT2D eigenvalue weighted by atomic mass is 32.2. The molecule has 0 amide bonds. The zero-order chi connectivity index (χ0) is 25.8. The Labute approximate surface area is 219 Å². The Kier molecular flexibility index (Phi) is 7.79. The number of likely N-dealkylation sites (N-methyl/N-ethyl adjacent to an activating group) is 1. The van der Waals surface area contributed by atoms with Crippen LogP contribution in [0.5, 0.6) is 0 Å². The molecule has 0 bridgehead atoms. The Morgan fingerprint density at radius 3 is 2.22 bits per heavy atom. The molecule has 0 spiro atoms. The average molecular weight is 525 g/mol. The van der Waals surface area contributed by atoms with Crippen LogP contribution in [-0.4, -0.2) is 86.0 Å². The summed E-state index contributed by atoms with van der Waals surface area (Å²) in [6.45, 7) is 4.78. The molecule has 1 aliphatic carbocycles. The van der Waals surface area contributed by atoms with E-state index < -0.39 is 10.0 Å². The number of nitrogens with zero attached hydrogens (tertiary/aromatic N) is 6. The van der Waals surface area contributed by atoms with Gasteiger partial charge >= 0.3 is 0 Å². The lowest BCUT2D eigenvalue weighted by atomic mass is 10.1. The maximum Gasteiger partial charge on any atom is 0.243 e. The Morgan fingerprint density at radius 1 is 0.919 bits per heavy atom. The molecule has 0 unspecified atom stereocenters. The van der Waals surface area contributed by atoms with Crippen LogP contribution in [0.1, 0.15) is 44.1 Å². The molecule has 5 rings (SSSR count). The minimum atomic E-state index is -3.54. The SMILES string of the molecule is CN1CCN(c2ccc(S(=O)(=O)N3CCC(Nc4ncc(C#N)c(NC5CCCC5)n4)CC3)cc2)CC1. The van der Waals surface area contributed by atoms with Gasteiger partial charge in [0.2, 0.25) is 16.0 Å². The summed E-state index contributed by atoms with van der Waals surface area (Å²) in [6.07, 6.45) is 7.43. The van der Waals surface area contributed by atoms with E-state index >= 15 is 0 Å². The number of sulfonamides is 1. The minimum Gasteiger partial charge on any atom is -0.369 e. The highest BCUT2D eigenvalue weighted by Crippen LogP contribution is 2.26. The molecule has 11 heteroatoms. The zero-order valence-electron chi connectivity index (χ0n) is 21.4. The molecule has 3 fully saturated rings. The molecule has 1 saturated carbocycles. The first-order chi connectivity index (χ1) is 17.9. The van der Waals surface area contributed by atoms with Gasteiger partial charge in [0.15, 0.2) is 0 Å². The second-order valence-electron chi connectivity index (χ2n) is 10.3. The molecule has 0 atom stereocenters. The van der Waals surface area contributed by atoms with Crippen molar-refractivity contribution in [2.45, 2.75) is 55.5 Å². The Bertz CT molecular complexity index is 1210. The van der Waals surface area contributed by atoms with Crippen molar-refractivity contribution in [3.8, 4) is 6.07 Å². The number of benzene rings is 1. The molecule has 3 heterocycles. The van der Waals surface area contributed by atoms with Crippen molar-refractivity contribution in [2.24, 2.45) is 0 Å². The summed E-state index contributed by atoms with van der Waals surface area (Å²) >= 11 is 0. The number of piperidine rings is 1. The van der Waals surface area contributed by atoms with Crippen LogP contribution < -0.4 is 15.5 Å². The van der Waals surface area contributed by atoms with Crippen molar-refractivity contribution < 1.29 is 8.42 Å². The molecule has 10 nitrogen and oxygen atoms in total. The normalized spacial score (nSPS) is 20.6. The van der Waals surface area contributed by atoms with Gasteiger partial charge in [0, 0.05) is 57.0 Å². The predicted molar refractivity (Wildman–Crippen MR) is 144 cm³/mol. The van der Waals surface area contributed by atoms with Crippen LogP contribution in [0.3, 0.4) is 0 Å². The molecule has 2 N–H and O–H groups in total. The lowest BCUT2D eigenvalue weighted by Crippen LogP contribution is -2.44. The van der Waals surface area contributed by atoms with Gasteiger partial charge in [-0.3, -0.25) is 0 Å². The van der Waals surface area contributed by atoms with Crippen LogP contribution >= 0.6 is 0 Å². The van der Waals surface area contributed by atoms with Gasteiger partial charge in [-0.25, -0.2) is 13.4 Å². The summed E-state index contributed by atoms with van der Waals surface area (Å²) in [7, 11) is -1.42. The van der Waals surface area contributed by atoms with Crippen LogP contribution in [-0.2, 0) is 10.0 Å². The highest BCUT2D eigenvalue weighted by molar-refractivity contribution is 7.89. The van der Waals surface area contributed by atoms with Crippen LogP contribution in [0.25, 0.3) is 0 Å². The van der Waals surface area contributed by atoms with Crippen LogP contribution in [0.15, 0.2) is 35.4 Å². The number of hydrogen-bond acceptors (Lipinski definition) is 9. The first kappa shape index (κ1) is 25.7. The number of piperazine rings is 1. The number of nitriles is 1. The van der Waals surface area contributed by atoms with Crippen LogP contribution in [0.4, 0.5) is 17.5 Å². The third kappa shape index (κ3) is 5.98. The summed E-state index contributed by atoms with van der Waals surface area (Å²) in [6, 6.07) is 9.89. The summed E-state index contributed by atoms with van der Waals surface area (Å²) in [5, 5.41) is 16.2. The lowest BCUT2D eigenvalue weighted by Gasteiger charge is -2.34. The van der Waals surface area contributed by atoms with Crippen molar-refractivity contribution >= 4 is 27.5 Å². The van der Waals surface area contributed by atoms with E-state index in [1.807, 2.05) is 12.1 Å². The van der Waals surface area contributed by atoms with E-state index in [1.54, 1.807) is 22.6 Å². The van der Waals surface area contributed by atoms with Crippen molar-refractivity contribution in [2.75, 3.05) is 61.8 Å². The standard InChI is InChI=1S/C26H36N8O2S/c1-32-14-16-33(17-15-32)23-6-8-24(9-7-23)37(35,36)34-12-10-22(11-13-34)30-26-28-19-20(18-27)25(31-26)29-21-4-2-3-5-21/h6-9,19,21-22H,2-5,10-17H2,1H3,(H2,28,29,30,31). The topological polar surface area (TPSA) is 117 Å². The zero-order valence-corrected chi connectivity index (χ0v) is 22.3. The van der Waals surface area contributed by atoms with E-state index in [-0.39, 0.29) is 6.04 Å². The summed E-state index contributed by atoms with van der Waals surface area (Å²) in [5.41, 5.74) is 1.51. The molecule has 1 aromatic heterocycles. The second-order valence-corrected chi connectivity index (χ2v) is 12.2. The van der Waals surface area contributed by atoms with Crippen molar-refractivity contribution in [3.63, 3.8) is 0 Å². The average Bonchev–Trinajstić information content (AvgIpc) is 3.43. The first-order valence-corrected chi connectivity index (χ1v) is 14.7. The van der Waals surface area contributed by atoms with Gasteiger partial charge in [0.25, 0.3) is 0 Å². The molecule has 198 valence electrons. The van der Waals surface area contributed by atoms with E-state index in [9.17, 15) is 13.7 Å². The van der Waals surface area contributed by atoms with Crippen LogP contribution in [0, 0.1) is 11.3 Å². The maximum absolute atomic E-state index is 13.3. The van der Waals surface area contributed by atoms with Gasteiger partial charge < -0.3 is 20.4 Å². The number of rotatable bonds is 7. The predicted octanol–water partition coefficient (Wildman–Crippen LogP) is 2.72. The molecule has 0 radical (unpaired) electrons. The molecule has 1 aromatic carbocycles. The monoisotopic (exact) mass is 524 g/mol. The molecule has 37 heavy (non-hydrogen) atoms. The number of nitrogens with one attached hydrogen (secondary N) is 2. The van der Waals surface area contributed by atoms with Gasteiger partial charge in [-0.15, -0.1) is 0 Å². The Balaban J connectivity index is 1.17. The molecule has 2 saturated heterocycles. The fourth-order valence-corrected chi connectivity index (χ4v) is 6.84. The number of aromatic nitrogens is 2. The van der Waals surface area contributed by atoms with E-state index in [0.717, 1.165) is 44.7 Å². The summed E-state index contributed by atoms with van der Waals surface area (Å²) < 4.78 is 28.1. The third-order valence-corrected chi connectivity index (χ3v) is 9.65. The van der Waals surface area contributed by atoms with Crippen molar-refractivity contribution in [3.05, 3.63) is 36.0 Å². The second kappa shape index (κ2) is 11.2. The summed E-state index contributed by atoms with van der Waals surface area (Å²) in [5.74, 6) is 1.05. The molecular weight excluding hydrogens is 488 g/mol. The lowest BCUT2D eigenvalue weighted by molar-refractivity contribution is 0.313. The summed E-state index contributed by atoms with van der Waals surface area (Å²) in [4.78, 5) is 13.8. The van der Waals surface area contributed by atoms with Crippen molar-refractivity contribution in [1.82, 2.24) is 19.2 Å². The molecular formula is C26H36N8O2S. The molecule has 3 aliphatic rings. The number of anilines is 3. The third-order valence-electron chi connectivity index (χ3n) is 7.74. The smallest absolute Gasteiger partial charge is 0.243 e. The Morgan fingerprint density at radius 2 is 1.57 bits per heavy atom. The van der Waals surface area contributed by atoms with E-state index in [1.165, 1.54) is 12.8 Å². The Hall–Kier alpha value is -2.94. The highest BCUT2D eigenvalue weighted by Gasteiger charge is 2.30. The van der Waals surface area contributed by atoms with Gasteiger partial charge in [-0.05, 0) is 57.0 Å². The maximum atomic E-state index is 13.3. The number of hydrogen-bond donors (Lipinski definition) is 2. The van der Waals surface area contributed by atoms with Gasteiger partial charge in [-0.2, -0.15) is 14.6 Å². The molecule has 2 aliphatic heterocycles. The van der Waals surface area contributed by atoms with Gasteiger partial charge in [-0.1, -0.05) is 12.8 Å². The molecule has 2 aromatic rings. The van der Waals surface area contributed by atoms with Crippen molar-refractivity contribution in [1.29, 1.82) is 5.26 Å². The van der Waals surface area contributed by atoms with E-state index in [2.05, 4.69) is 43.5 Å².